The summed E-state index contributed by atoms with van der Waals surface area (Å²) in [6, 6.07) is 11.3. The monoisotopic (exact) mass is 420 g/mol. The van der Waals surface area contributed by atoms with Crippen molar-refractivity contribution in [3.8, 4) is 11.5 Å². The molecule has 0 saturated heterocycles. The summed E-state index contributed by atoms with van der Waals surface area (Å²) in [5.74, 6) is 0.473. The molecule has 0 unspecified atom stereocenters. The van der Waals surface area contributed by atoms with Crippen LogP contribution in [0.3, 0.4) is 0 Å². The fraction of sp³-hybridized carbons (Fsp3) is 0.381. The van der Waals surface area contributed by atoms with Crippen molar-refractivity contribution in [3.63, 3.8) is 0 Å². The van der Waals surface area contributed by atoms with Crippen LogP contribution in [0, 0.1) is 6.92 Å². The molecule has 0 spiro atoms. The van der Waals surface area contributed by atoms with E-state index in [1.54, 1.807) is 30.3 Å². The summed E-state index contributed by atoms with van der Waals surface area (Å²) in [5.41, 5.74) is 1.26. The highest BCUT2D eigenvalue weighted by atomic mass is 32.2. The SMILES string of the molecule is CCCCNC(=O)CN(c1ccc(OC)c(OC)c1)S(=O)(=O)c1ccc(C)cc1. The Morgan fingerprint density at radius 1 is 1.03 bits per heavy atom. The van der Waals surface area contributed by atoms with Crippen molar-refractivity contribution in [1.82, 2.24) is 5.32 Å². The number of ether oxygens (including phenoxy) is 2. The zero-order chi connectivity index (χ0) is 21.4. The number of rotatable bonds is 10. The molecule has 0 atom stereocenters. The first-order chi connectivity index (χ1) is 13.8. The molecular weight excluding hydrogens is 392 g/mol. The Morgan fingerprint density at radius 2 is 1.69 bits per heavy atom. The van der Waals surface area contributed by atoms with E-state index in [0.717, 1.165) is 22.7 Å². The van der Waals surface area contributed by atoms with E-state index in [1.807, 2.05) is 13.8 Å². The summed E-state index contributed by atoms with van der Waals surface area (Å²) < 4.78 is 38.3. The van der Waals surface area contributed by atoms with Crippen LogP contribution >= 0.6 is 0 Å². The topological polar surface area (TPSA) is 84.9 Å². The van der Waals surface area contributed by atoms with Crippen molar-refractivity contribution in [1.29, 1.82) is 0 Å². The fourth-order valence-electron chi connectivity index (χ4n) is 2.72. The molecule has 1 amide bonds. The Bertz CT molecular complexity index is 927. The van der Waals surface area contributed by atoms with Gasteiger partial charge in [0.05, 0.1) is 24.8 Å². The molecule has 0 bridgehead atoms. The van der Waals surface area contributed by atoms with Gasteiger partial charge in [0.1, 0.15) is 6.54 Å². The van der Waals surface area contributed by atoms with E-state index in [9.17, 15) is 13.2 Å². The van der Waals surface area contributed by atoms with Gasteiger partial charge in [0, 0.05) is 12.6 Å². The van der Waals surface area contributed by atoms with Crippen LogP contribution in [0.5, 0.6) is 11.5 Å². The highest BCUT2D eigenvalue weighted by molar-refractivity contribution is 7.92. The molecule has 2 aromatic rings. The minimum absolute atomic E-state index is 0.110. The molecule has 29 heavy (non-hydrogen) atoms. The Morgan fingerprint density at radius 3 is 2.28 bits per heavy atom. The molecule has 0 aliphatic carbocycles. The molecule has 1 N–H and O–H groups in total. The number of methoxy groups -OCH3 is 2. The van der Waals surface area contributed by atoms with Crippen LogP contribution in [-0.4, -0.2) is 41.6 Å². The number of carbonyl (C=O) groups excluding carboxylic acids is 1. The zero-order valence-electron chi connectivity index (χ0n) is 17.3. The number of anilines is 1. The van der Waals surface area contributed by atoms with Gasteiger partial charge < -0.3 is 14.8 Å². The number of unbranched alkanes of at least 4 members (excludes halogenated alkanes) is 1. The van der Waals surface area contributed by atoms with Crippen LogP contribution in [-0.2, 0) is 14.8 Å². The maximum absolute atomic E-state index is 13.3. The van der Waals surface area contributed by atoms with E-state index in [-0.39, 0.29) is 17.3 Å². The first kappa shape index (κ1) is 22.5. The number of benzene rings is 2. The third kappa shape index (κ3) is 5.63. The molecule has 0 fully saturated rings. The number of hydrogen-bond acceptors (Lipinski definition) is 5. The lowest BCUT2D eigenvalue weighted by atomic mass is 10.2. The van der Waals surface area contributed by atoms with Gasteiger partial charge in [-0.05, 0) is 37.6 Å². The second-order valence-electron chi connectivity index (χ2n) is 6.57. The van der Waals surface area contributed by atoms with Crippen molar-refractivity contribution in [2.75, 3.05) is 31.6 Å². The van der Waals surface area contributed by atoms with Crippen LogP contribution < -0.4 is 19.1 Å². The summed E-state index contributed by atoms with van der Waals surface area (Å²) >= 11 is 0. The van der Waals surface area contributed by atoms with Gasteiger partial charge in [-0.1, -0.05) is 31.0 Å². The summed E-state index contributed by atoms with van der Waals surface area (Å²) in [7, 11) is -0.995. The summed E-state index contributed by atoms with van der Waals surface area (Å²) in [5, 5.41) is 2.77. The second-order valence-corrected chi connectivity index (χ2v) is 8.43. The smallest absolute Gasteiger partial charge is 0.264 e. The molecule has 0 saturated carbocycles. The van der Waals surface area contributed by atoms with Gasteiger partial charge in [0.15, 0.2) is 11.5 Å². The quantitative estimate of drug-likeness (QED) is 0.597. The lowest BCUT2D eigenvalue weighted by molar-refractivity contribution is -0.119. The third-order valence-electron chi connectivity index (χ3n) is 4.40. The van der Waals surface area contributed by atoms with Gasteiger partial charge in [0.25, 0.3) is 10.0 Å². The third-order valence-corrected chi connectivity index (χ3v) is 6.19. The van der Waals surface area contributed by atoms with Crippen molar-refractivity contribution in [2.45, 2.75) is 31.6 Å². The maximum atomic E-state index is 13.3. The first-order valence-electron chi connectivity index (χ1n) is 9.41. The largest absolute Gasteiger partial charge is 0.493 e. The van der Waals surface area contributed by atoms with E-state index in [0.29, 0.717) is 23.7 Å². The number of hydrogen-bond donors (Lipinski definition) is 1. The van der Waals surface area contributed by atoms with E-state index in [4.69, 9.17) is 9.47 Å². The lowest BCUT2D eigenvalue weighted by Gasteiger charge is -2.25. The van der Waals surface area contributed by atoms with Gasteiger partial charge in [-0.3, -0.25) is 9.10 Å². The molecule has 2 aromatic carbocycles. The first-order valence-corrected chi connectivity index (χ1v) is 10.9. The average molecular weight is 421 g/mol. The van der Waals surface area contributed by atoms with E-state index < -0.39 is 10.0 Å². The number of aryl methyl sites for hydroxylation is 1. The van der Waals surface area contributed by atoms with Crippen molar-refractivity contribution >= 4 is 21.6 Å². The van der Waals surface area contributed by atoms with Gasteiger partial charge in [-0.25, -0.2) is 8.42 Å². The minimum atomic E-state index is -3.96. The highest BCUT2D eigenvalue weighted by Crippen LogP contribution is 2.33. The maximum Gasteiger partial charge on any atom is 0.264 e. The molecule has 8 heteroatoms. The predicted octanol–water partition coefficient (Wildman–Crippen LogP) is 3.12. The van der Waals surface area contributed by atoms with E-state index in [1.165, 1.54) is 26.4 Å². The lowest BCUT2D eigenvalue weighted by Crippen LogP contribution is -2.41. The van der Waals surface area contributed by atoms with Gasteiger partial charge >= 0.3 is 0 Å². The predicted molar refractivity (Wildman–Crippen MR) is 113 cm³/mol. The molecular formula is C21H28N2O5S. The average Bonchev–Trinajstić information content (AvgIpc) is 2.72. The number of nitrogens with zero attached hydrogens (tertiary/aromatic N) is 1. The van der Waals surface area contributed by atoms with E-state index >= 15 is 0 Å². The van der Waals surface area contributed by atoms with Crippen LogP contribution in [0.2, 0.25) is 0 Å². The van der Waals surface area contributed by atoms with Gasteiger partial charge in [-0.2, -0.15) is 0 Å². The second kappa shape index (κ2) is 10.2. The summed E-state index contributed by atoms with van der Waals surface area (Å²) in [6.45, 7) is 4.06. The van der Waals surface area contributed by atoms with Crippen LogP contribution in [0.15, 0.2) is 47.4 Å². The Hall–Kier alpha value is -2.74. The Labute approximate surface area is 172 Å². The molecule has 0 heterocycles. The van der Waals surface area contributed by atoms with Crippen molar-refractivity contribution in [2.24, 2.45) is 0 Å². The van der Waals surface area contributed by atoms with Crippen LogP contribution in [0.4, 0.5) is 5.69 Å². The summed E-state index contributed by atoms with van der Waals surface area (Å²) in [6.07, 6.45) is 1.76. The van der Waals surface area contributed by atoms with E-state index in [2.05, 4.69) is 5.32 Å². The minimum Gasteiger partial charge on any atom is -0.493 e. The molecule has 0 aromatic heterocycles. The van der Waals surface area contributed by atoms with Crippen molar-refractivity contribution < 1.29 is 22.7 Å². The van der Waals surface area contributed by atoms with Crippen LogP contribution in [0.25, 0.3) is 0 Å². The number of carbonyl (C=O) groups is 1. The Kier molecular flexibility index (Phi) is 7.90. The standard InChI is InChI=1S/C21H28N2O5S/c1-5-6-13-22-21(24)15-23(17-9-12-19(27-3)20(14-17)28-4)29(25,26)18-10-7-16(2)8-11-18/h7-12,14H,5-6,13,15H2,1-4H3,(H,22,24). The van der Waals surface area contributed by atoms with Gasteiger partial charge in [-0.15, -0.1) is 0 Å². The normalized spacial score (nSPS) is 11.0. The zero-order valence-corrected chi connectivity index (χ0v) is 18.1. The number of sulfonamides is 1. The fourth-order valence-corrected chi connectivity index (χ4v) is 4.14. The molecule has 0 radical (unpaired) electrons. The highest BCUT2D eigenvalue weighted by Gasteiger charge is 2.28. The molecule has 158 valence electrons. The molecule has 7 nitrogen and oxygen atoms in total. The number of nitrogens with one attached hydrogen (secondary N) is 1. The number of amides is 1. The van der Waals surface area contributed by atoms with Crippen LogP contribution in [0.1, 0.15) is 25.3 Å². The summed E-state index contributed by atoms with van der Waals surface area (Å²) in [4.78, 5) is 12.5. The van der Waals surface area contributed by atoms with Crippen molar-refractivity contribution in [3.05, 3.63) is 48.0 Å². The molecule has 0 aliphatic heterocycles. The molecule has 0 aliphatic rings. The van der Waals surface area contributed by atoms with Gasteiger partial charge in [0.2, 0.25) is 5.91 Å². The Balaban J connectivity index is 2.45. The molecule has 2 rings (SSSR count).